The summed E-state index contributed by atoms with van der Waals surface area (Å²) < 4.78 is 19.0. The molecule has 16 nitrogen and oxygen atoms in total. The molecule has 4 saturated heterocycles. The second-order valence-electron chi connectivity index (χ2n) is 17.7. The number of carboxylic acids is 1. The molecule has 4 aliphatic heterocycles. The molecule has 14 atom stereocenters. The van der Waals surface area contributed by atoms with E-state index in [1.165, 1.54) is 48.5 Å². The average molecular weight is 778 g/mol. The van der Waals surface area contributed by atoms with E-state index in [0.717, 1.165) is 5.75 Å². The molecule has 3 amide bonds. The second kappa shape index (κ2) is 14.3. The molecule has 53 heavy (non-hydrogen) atoms. The number of aliphatic hydroxyl groups is 6. The van der Waals surface area contributed by atoms with Crippen molar-refractivity contribution in [2.45, 2.75) is 163 Å². The van der Waals surface area contributed by atoms with Gasteiger partial charge in [-0.1, -0.05) is 13.3 Å². The molecule has 0 aromatic carbocycles. The summed E-state index contributed by atoms with van der Waals surface area (Å²) in [4.78, 5) is 37.7. The fourth-order valence-electron chi connectivity index (χ4n) is 9.44. The van der Waals surface area contributed by atoms with Crippen LogP contribution < -0.4 is 16.0 Å². The van der Waals surface area contributed by atoms with Crippen LogP contribution in [0.1, 0.15) is 94.9 Å². The average Bonchev–Trinajstić information content (AvgIpc) is 3.60. The predicted octanol–water partition coefficient (Wildman–Crippen LogP) is 0.0244. The first kappa shape index (κ1) is 43.9. The van der Waals surface area contributed by atoms with E-state index in [-0.39, 0.29) is 42.8 Å². The molecular formula is C36H63N3O13S. The summed E-state index contributed by atoms with van der Waals surface area (Å²) in [5.41, 5.74) is -16.3. The number of fused-ring (bicyclic) bond motifs is 1. The number of urea groups is 1. The number of hydrogen-bond acceptors (Lipinski definition) is 13. The quantitative estimate of drug-likeness (QED) is 0.105. The van der Waals surface area contributed by atoms with Crippen LogP contribution in [0.3, 0.4) is 0 Å². The topological polar surface area (TPSA) is 257 Å². The number of hydrogen-bond donors (Lipinski definition) is 10. The Kier molecular flexibility index (Phi) is 11.8. The molecule has 0 aliphatic carbocycles. The molecule has 4 rings (SSSR count). The lowest BCUT2D eigenvalue weighted by Crippen LogP contribution is -2.85. The van der Waals surface area contributed by atoms with E-state index in [9.17, 15) is 50.1 Å². The lowest BCUT2D eigenvalue weighted by atomic mass is 9.54. The molecule has 0 spiro atoms. The molecule has 4 heterocycles. The van der Waals surface area contributed by atoms with Crippen molar-refractivity contribution in [3.63, 3.8) is 0 Å². The minimum Gasteiger partial charge on any atom is -0.481 e. The van der Waals surface area contributed by atoms with Crippen molar-refractivity contribution < 1.29 is 64.3 Å². The normalized spacial score (nSPS) is 48.8. The van der Waals surface area contributed by atoms with Gasteiger partial charge in [0.05, 0.1) is 61.7 Å². The maximum Gasteiger partial charge on any atom is 0.315 e. The van der Waals surface area contributed by atoms with Crippen LogP contribution >= 0.6 is 11.8 Å². The van der Waals surface area contributed by atoms with Gasteiger partial charge in [-0.15, -0.1) is 0 Å². The summed E-state index contributed by atoms with van der Waals surface area (Å²) in [5.74, 6) is -1.78. The van der Waals surface area contributed by atoms with Gasteiger partial charge >= 0.3 is 12.0 Å². The number of carboxylic acid groups (broad SMARTS) is 1. The fourth-order valence-corrected chi connectivity index (χ4v) is 11.0. The number of ether oxygens (including phenoxy) is 3. The van der Waals surface area contributed by atoms with Crippen molar-refractivity contribution in [2.75, 3.05) is 32.2 Å². The number of thioether (sulfide) groups is 1. The zero-order valence-electron chi connectivity index (χ0n) is 32.7. The number of aliphatic carboxylic acids is 1. The number of aliphatic hydroxyl groups excluding tert-OH is 3. The van der Waals surface area contributed by atoms with Crippen molar-refractivity contribution in [1.82, 2.24) is 16.0 Å². The molecular weight excluding hydrogens is 714 g/mol. The zero-order chi connectivity index (χ0) is 40.4. The van der Waals surface area contributed by atoms with Gasteiger partial charge in [0.15, 0.2) is 0 Å². The third-order valence-corrected chi connectivity index (χ3v) is 15.5. The SMILES string of the molecule is CC(=O)NC1(C)C(C)(COC[C@]2(C)OC(C)(CO)[C@](C)(O)C(C)(O)C2(C)O)[C@H](O)C(C)(CO)O[C@]1(C)CC(CCCC1SC[C@@H]2NC(=O)N[C@H]12)C(=O)O. The van der Waals surface area contributed by atoms with Gasteiger partial charge in [0, 0.05) is 23.3 Å². The summed E-state index contributed by atoms with van der Waals surface area (Å²) in [6.45, 7) is 12.2. The number of carbonyl (C=O) groups is 3. The van der Waals surface area contributed by atoms with Crippen LogP contribution in [-0.4, -0.2) is 154 Å². The van der Waals surface area contributed by atoms with E-state index in [4.69, 9.17) is 14.2 Å². The number of carbonyl (C=O) groups excluding carboxylic acids is 2. The first-order valence-electron chi connectivity index (χ1n) is 18.3. The Morgan fingerprint density at radius 1 is 0.906 bits per heavy atom. The van der Waals surface area contributed by atoms with Crippen LogP contribution in [0.15, 0.2) is 0 Å². The molecule has 0 aromatic heterocycles. The monoisotopic (exact) mass is 777 g/mol. The Morgan fingerprint density at radius 2 is 1.51 bits per heavy atom. The van der Waals surface area contributed by atoms with Gasteiger partial charge in [0.25, 0.3) is 0 Å². The number of amides is 3. The lowest BCUT2D eigenvalue weighted by Gasteiger charge is -2.67. The molecule has 10 N–H and O–H groups in total. The van der Waals surface area contributed by atoms with E-state index >= 15 is 0 Å². The maximum atomic E-state index is 13.0. The van der Waals surface area contributed by atoms with Crippen molar-refractivity contribution in [2.24, 2.45) is 11.3 Å². The molecule has 4 aliphatic rings. The molecule has 4 fully saturated rings. The van der Waals surface area contributed by atoms with Gasteiger partial charge < -0.3 is 65.9 Å². The highest BCUT2D eigenvalue weighted by molar-refractivity contribution is 8.00. The highest BCUT2D eigenvalue weighted by Gasteiger charge is 2.74. The van der Waals surface area contributed by atoms with Crippen LogP contribution in [0.2, 0.25) is 0 Å². The number of nitrogens with one attached hydrogen (secondary N) is 3. The highest BCUT2D eigenvalue weighted by atomic mass is 32.2. The second-order valence-corrected chi connectivity index (χ2v) is 18.9. The van der Waals surface area contributed by atoms with Gasteiger partial charge in [0.2, 0.25) is 5.91 Å². The van der Waals surface area contributed by atoms with Gasteiger partial charge in [-0.3, -0.25) is 9.59 Å². The summed E-state index contributed by atoms with van der Waals surface area (Å²) >= 11 is 1.73. The minimum absolute atomic E-state index is 0.0313. The summed E-state index contributed by atoms with van der Waals surface area (Å²) in [6, 6.07) is -0.209. The Balaban J connectivity index is 1.65. The first-order valence-corrected chi connectivity index (χ1v) is 19.4. The molecule has 0 saturated carbocycles. The van der Waals surface area contributed by atoms with Crippen molar-refractivity contribution in [3.05, 3.63) is 0 Å². The van der Waals surface area contributed by atoms with Gasteiger partial charge in [-0.05, 0) is 74.7 Å². The highest BCUT2D eigenvalue weighted by Crippen LogP contribution is 2.57. The lowest BCUT2D eigenvalue weighted by molar-refractivity contribution is -0.408. The van der Waals surface area contributed by atoms with Crippen LogP contribution in [0.25, 0.3) is 0 Å². The van der Waals surface area contributed by atoms with Crippen LogP contribution in [0.5, 0.6) is 0 Å². The van der Waals surface area contributed by atoms with Crippen molar-refractivity contribution >= 4 is 29.7 Å². The van der Waals surface area contributed by atoms with Crippen LogP contribution in [-0.2, 0) is 23.8 Å². The summed E-state index contributed by atoms with van der Waals surface area (Å²) in [5, 5.41) is 87.1. The van der Waals surface area contributed by atoms with Gasteiger partial charge in [-0.25, -0.2) is 4.79 Å². The summed E-state index contributed by atoms with van der Waals surface area (Å²) in [7, 11) is 0. The van der Waals surface area contributed by atoms with Gasteiger partial charge in [0.1, 0.15) is 33.6 Å². The third kappa shape index (κ3) is 6.78. The van der Waals surface area contributed by atoms with Crippen LogP contribution in [0, 0.1) is 11.3 Å². The van der Waals surface area contributed by atoms with E-state index in [2.05, 4.69) is 16.0 Å². The summed E-state index contributed by atoms with van der Waals surface area (Å²) in [6.07, 6.45) is -0.184. The Morgan fingerprint density at radius 3 is 2.06 bits per heavy atom. The predicted molar refractivity (Wildman–Crippen MR) is 194 cm³/mol. The zero-order valence-corrected chi connectivity index (χ0v) is 33.6. The number of rotatable bonds is 14. The van der Waals surface area contributed by atoms with E-state index < -0.39 is 93.9 Å². The molecule has 0 aromatic rings. The maximum absolute atomic E-state index is 13.0. The smallest absolute Gasteiger partial charge is 0.315 e. The molecule has 0 radical (unpaired) electrons. The van der Waals surface area contributed by atoms with Crippen molar-refractivity contribution in [1.29, 1.82) is 0 Å². The van der Waals surface area contributed by atoms with Gasteiger partial charge in [-0.2, -0.15) is 11.8 Å². The fraction of sp³-hybridized carbons (Fsp3) is 0.917. The van der Waals surface area contributed by atoms with E-state index in [0.29, 0.717) is 12.8 Å². The largest absolute Gasteiger partial charge is 0.481 e. The Bertz CT molecular complexity index is 1420. The molecule has 306 valence electrons. The Hall–Kier alpha value is -1.80. The minimum atomic E-state index is -2.24. The van der Waals surface area contributed by atoms with Crippen molar-refractivity contribution in [3.8, 4) is 0 Å². The van der Waals surface area contributed by atoms with Crippen LogP contribution in [0.4, 0.5) is 4.79 Å². The Labute approximate surface area is 316 Å². The molecule has 0 bridgehead atoms. The molecule has 8 unspecified atom stereocenters. The standard InChI is InChI=1S/C36H63N3O13S/c1-20(42)39-33(7)28(2,18-50-19-32(6)35(9,48)36(10,49)34(8,47)31(5,17-41)52-32)26(45)29(3,16-40)51-30(33,4)14-21(25(43)44)12-11-13-23-24-22(15-53-23)37-27(46)38-24/h21-24,26,40-41,45,47-49H,11-19H2,1-10H3,(H,39,42)(H,43,44)(H2,37,38,46)/t21?,22-,23?,24-,26-,28?,29?,30+,31?,32-,33?,34-,35?,36?/m0/s1. The van der Waals surface area contributed by atoms with E-state index in [1.807, 2.05) is 0 Å². The van der Waals surface area contributed by atoms with E-state index in [1.54, 1.807) is 32.5 Å². The third-order valence-electron chi connectivity index (χ3n) is 14.0. The molecule has 17 heteroatoms. The first-order chi connectivity index (χ1) is 24.1.